The van der Waals surface area contributed by atoms with Crippen LogP contribution < -0.4 is 10.5 Å². The van der Waals surface area contributed by atoms with Gasteiger partial charge >= 0.3 is 0 Å². The maximum Gasteiger partial charge on any atom is 0.244 e. The fraction of sp³-hybridized carbons (Fsp3) is 0.400. The zero-order chi connectivity index (χ0) is 13.6. The molecular weight excluding hydrogens is 299 g/mol. The molecular formula is C10H12Cl2N2O3S. The van der Waals surface area contributed by atoms with Crippen LogP contribution in [-0.2, 0) is 10.0 Å². The molecule has 0 atom stereocenters. The minimum atomic E-state index is -3.88. The monoisotopic (exact) mass is 310 g/mol. The number of nitrogens with one attached hydrogen (secondary N) is 1. The summed E-state index contributed by atoms with van der Waals surface area (Å²) >= 11 is 11.7. The van der Waals surface area contributed by atoms with Crippen LogP contribution in [0.2, 0.25) is 10.0 Å². The van der Waals surface area contributed by atoms with Crippen LogP contribution in [0, 0.1) is 0 Å². The molecule has 0 bridgehead atoms. The van der Waals surface area contributed by atoms with Gasteiger partial charge in [0.25, 0.3) is 0 Å². The third kappa shape index (κ3) is 2.57. The Kier molecular flexibility index (Phi) is 3.50. The lowest BCUT2D eigenvalue weighted by Gasteiger charge is -2.16. The Morgan fingerprint density at radius 3 is 2.22 bits per heavy atom. The van der Waals surface area contributed by atoms with E-state index in [1.165, 1.54) is 12.1 Å². The summed E-state index contributed by atoms with van der Waals surface area (Å²) in [6.45, 7) is -0.254. The van der Waals surface area contributed by atoms with Gasteiger partial charge in [0.1, 0.15) is 4.90 Å². The number of aliphatic hydroxyl groups is 1. The summed E-state index contributed by atoms with van der Waals surface area (Å²) in [4.78, 5) is -0.209. The molecule has 1 aliphatic rings. The van der Waals surface area contributed by atoms with Crippen molar-refractivity contribution >= 4 is 38.9 Å². The van der Waals surface area contributed by atoms with Crippen molar-refractivity contribution in [3.05, 3.63) is 22.2 Å². The molecule has 100 valence electrons. The quantitative estimate of drug-likeness (QED) is 0.732. The van der Waals surface area contributed by atoms with E-state index in [4.69, 9.17) is 34.0 Å². The van der Waals surface area contributed by atoms with E-state index in [0.717, 1.165) is 0 Å². The van der Waals surface area contributed by atoms with E-state index < -0.39 is 15.6 Å². The minimum Gasteiger partial charge on any atom is -0.399 e. The average Bonchev–Trinajstić information content (AvgIpc) is 2.95. The molecule has 0 amide bonds. The van der Waals surface area contributed by atoms with Crippen molar-refractivity contribution in [2.24, 2.45) is 0 Å². The zero-order valence-electron chi connectivity index (χ0n) is 9.28. The number of halogens is 2. The first-order chi connectivity index (χ1) is 8.30. The van der Waals surface area contributed by atoms with E-state index in [1.54, 1.807) is 0 Å². The highest BCUT2D eigenvalue weighted by atomic mass is 35.5. The lowest BCUT2D eigenvalue weighted by atomic mass is 10.3. The third-order valence-electron chi connectivity index (χ3n) is 2.80. The fourth-order valence-electron chi connectivity index (χ4n) is 1.62. The lowest BCUT2D eigenvalue weighted by Crippen LogP contribution is -2.39. The highest BCUT2D eigenvalue weighted by molar-refractivity contribution is 7.89. The number of nitrogen functional groups attached to an aromatic ring is 1. The van der Waals surface area contributed by atoms with Crippen molar-refractivity contribution in [1.82, 2.24) is 4.72 Å². The van der Waals surface area contributed by atoms with E-state index in [-0.39, 0.29) is 27.2 Å². The summed E-state index contributed by atoms with van der Waals surface area (Å²) in [5.41, 5.74) is 5.03. The van der Waals surface area contributed by atoms with Crippen molar-refractivity contribution in [2.45, 2.75) is 23.3 Å². The van der Waals surface area contributed by atoms with Crippen LogP contribution in [0.1, 0.15) is 12.8 Å². The van der Waals surface area contributed by atoms with Crippen LogP contribution in [0.25, 0.3) is 0 Å². The average molecular weight is 311 g/mol. The molecule has 0 unspecified atom stereocenters. The van der Waals surface area contributed by atoms with Crippen LogP contribution >= 0.6 is 23.2 Å². The molecule has 0 radical (unpaired) electrons. The van der Waals surface area contributed by atoms with Crippen molar-refractivity contribution in [3.63, 3.8) is 0 Å². The Bertz CT molecular complexity index is 562. The van der Waals surface area contributed by atoms with Gasteiger partial charge in [0.2, 0.25) is 10.0 Å². The van der Waals surface area contributed by atoms with Crippen LogP contribution in [0.15, 0.2) is 17.0 Å². The summed E-state index contributed by atoms with van der Waals surface area (Å²) in [7, 11) is -3.88. The normalized spacial score (nSPS) is 17.7. The lowest BCUT2D eigenvalue weighted by molar-refractivity contribution is 0.246. The van der Waals surface area contributed by atoms with Gasteiger partial charge < -0.3 is 10.8 Å². The zero-order valence-corrected chi connectivity index (χ0v) is 11.6. The third-order valence-corrected chi connectivity index (χ3v) is 5.30. The molecule has 0 heterocycles. The number of hydrogen-bond acceptors (Lipinski definition) is 4. The molecule has 0 saturated heterocycles. The smallest absolute Gasteiger partial charge is 0.244 e. The molecule has 1 aromatic carbocycles. The Labute approximate surface area is 115 Å². The summed E-state index contributed by atoms with van der Waals surface area (Å²) in [5.74, 6) is 0. The maximum absolute atomic E-state index is 12.2. The van der Waals surface area contributed by atoms with Crippen molar-refractivity contribution in [1.29, 1.82) is 0 Å². The van der Waals surface area contributed by atoms with Crippen molar-refractivity contribution in [2.75, 3.05) is 12.3 Å². The molecule has 8 heteroatoms. The van der Waals surface area contributed by atoms with Gasteiger partial charge in [-0.2, -0.15) is 0 Å². The van der Waals surface area contributed by atoms with Gasteiger partial charge in [-0.3, -0.25) is 0 Å². The Balaban J connectivity index is 2.42. The molecule has 1 saturated carbocycles. The predicted molar refractivity (Wildman–Crippen MR) is 70.2 cm³/mol. The largest absolute Gasteiger partial charge is 0.399 e. The van der Waals surface area contributed by atoms with E-state index in [2.05, 4.69) is 4.72 Å². The summed E-state index contributed by atoms with van der Waals surface area (Å²) in [6.07, 6.45) is 1.18. The number of rotatable bonds is 4. The molecule has 1 aromatic rings. The second-order valence-electron chi connectivity index (χ2n) is 4.36. The number of nitrogens with two attached hydrogens (primary N) is 1. The number of anilines is 1. The van der Waals surface area contributed by atoms with E-state index in [0.29, 0.717) is 12.8 Å². The minimum absolute atomic E-state index is 0.0405. The van der Waals surface area contributed by atoms with Crippen molar-refractivity contribution < 1.29 is 13.5 Å². The van der Waals surface area contributed by atoms with Gasteiger partial charge in [0.15, 0.2) is 0 Å². The van der Waals surface area contributed by atoms with Crippen LogP contribution in [0.4, 0.5) is 5.69 Å². The maximum atomic E-state index is 12.2. The van der Waals surface area contributed by atoms with Crippen LogP contribution in [0.5, 0.6) is 0 Å². The molecule has 1 aliphatic carbocycles. The molecule has 1 fully saturated rings. The van der Waals surface area contributed by atoms with Gasteiger partial charge in [-0.1, -0.05) is 23.2 Å². The van der Waals surface area contributed by atoms with Gasteiger partial charge in [0, 0.05) is 5.69 Å². The molecule has 5 nitrogen and oxygen atoms in total. The first-order valence-corrected chi connectivity index (χ1v) is 7.43. The van der Waals surface area contributed by atoms with E-state index in [9.17, 15) is 8.42 Å². The highest BCUT2D eigenvalue weighted by Gasteiger charge is 2.46. The molecule has 18 heavy (non-hydrogen) atoms. The molecule has 0 aromatic heterocycles. The van der Waals surface area contributed by atoms with Gasteiger partial charge in [-0.15, -0.1) is 0 Å². The molecule has 2 rings (SSSR count). The van der Waals surface area contributed by atoms with Gasteiger partial charge in [0.05, 0.1) is 22.2 Å². The van der Waals surface area contributed by atoms with Crippen LogP contribution in [0.3, 0.4) is 0 Å². The van der Waals surface area contributed by atoms with Gasteiger partial charge in [-0.25, -0.2) is 13.1 Å². The standard InChI is InChI=1S/C10H12Cl2N2O3S/c11-7-3-6(13)4-8(12)9(7)18(16,17)14-10(5-15)1-2-10/h3-4,14-15H,1-2,5,13H2. The number of hydrogen-bond donors (Lipinski definition) is 3. The molecule has 4 N–H and O–H groups in total. The summed E-state index contributed by atoms with van der Waals surface area (Å²) in [6, 6.07) is 2.64. The van der Waals surface area contributed by atoms with E-state index in [1.807, 2.05) is 0 Å². The Morgan fingerprint density at radius 1 is 1.33 bits per heavy atom. The fourth-order valence-corrected chi connectivity index (χ4v) is 4.30. The van der Waals surface area contributed by atoms with Gasteiger partial charge in [-0.05, 0) is 25.0 Å². The summed E-state index contributed by atoms with van der Waals surface area (Å²) < 4.78 is 26.8. The summed E-state index contributed by atoms with van der Waals surface area (Å²) in [5, 5.41) is 9.06. The predicted octanol–water partition coefficient (Wildman–Crippen LogP) is 1.38. The highest BCUT2D eigenvalue weighted by Crippen LogP contribution is 2.38. The number of sulfonamides is 1. The SMILES string of the molecule is Nc1cc(Cl)c(S(=O)(=O)NC2(CO)CC2)c(Cl)c1. The van der Waals surface area contributed by atoms with E-state index >= 15 is 0 Å². The first kappa shape index (κ1) is 13.9. The Morgan fingerprint density at radius 2 is 1.83 bits per heavy atom. The molecule has 0 spiro atoms. The number of benzene rings is 1. The molecule has 0 aliphatic heterocycles. The topological polar surface area (TPSA) is 92.4 Å². The Hall–Kier alpha value is -0.530. The second kappa shape index (κ2) is 4.54. The number of aliphatic hydroxyl groups excluding tert-OH is 1. The van der Waals surface area contributed by atoms with Crippen LogP contribution in [-0.4, -0.2) is 25.7 Å². The van der Waals surface area contributed by atoms with Crippen molar-refractivity contribution in [3.8, 4) is 0 Å². The second-order valence-corrected chi connectivity index (χ2v) is 6.79. The first-order valence-electron chi connectivity index (χ1n) is 5.19.